The van der Waals surface area contributed by atoms with E-state index < -0.39 is 23.9 Å². The molecule has 2 rings (SSSR count). The van der Waals surface area contributed by atoms with E-state index in [0.29, 0.717) is 22.7 Å². The van der Waals surface area contributed by atoms with E-state index >= 15 is 0 Å². The molecule has 0 radical (unpaired) electrons. The van der Waals surface area contributed by atoms with Gasteiger partial charge in [0.1, 0.15) is 17.1 Å². The van der Waals surface area contributed by atoms with Crippen molar-refractivity contribution in [1.29, 1.82) is 0 Å². The molecule has 0 spiro atoms. The number of amides is 2. The Morgan fingerprint density at radius 2 is 1.67 bits per heavy atom. The molecule has 0 saturated carbocycles. The highest BCUT2D eigenvalue weighted by molar-refractivity contribution is 5.99. The van der Waals surface area contributed by atoms with E-state index in [1.165, 1.54) is 51.5 Å². The Bertz CT molecular complexity index is 848. The predicted octanol–water partition coefficient (Wildman–Crippen LogP) is 1.99. The van der Waals surface area contributed by atoms with Gasteiger partial charge < -0.3 is 25.3 Å². The van der Waals surface area contributed by atoms with Gasteiger partial charge in [-0.3, -0.25) is 9.59 Å². The minimum Gasteiger partial charge on any atom is -0.497 e. The number of methoxy groups -OCH3 is 2. The van der Waals surface area contributed by atoms with Crippen LogP contribution in [0.2, 0.25) is 0 Å². The summed E-state index contributed by atoms with van der Waals surface area (Å²) in [7, 11) is 2.89. The highest BCUT2D eigenvalue weighted by Gasteiger charge is 2.22. The van der Waals surface area contributed by atoms with Gasteiger partial charge in [0.15, 0.2) is 6.10 Å². The fourth-order valence-corrected chi connectivity index (χ4v) is 2.21. The van der Waals surface area contributed by atoms with Crippen molar-refractivity contribution in [1.82, 2.24) is 0 Å². The topological polar surface area (TPSA) is 117 Å². The number of anilines is 1. The van der Waals surface area contributed by atoms with Gasteiger partial charge in [0.25, 0.3) is 5.91 Å². The average Bonchev–Trinajstić information content (AvgIpc) is 2.67. The molecule has 1 atom stereocenters. The highest BCUT2D eigenvalue weighted by atomic mass is 16.5. The maximum Gasteiger partial charge on any atom is 0.342 e. The summed E-state index contributed by atoms with van der Waals surface area (Å²) in [4.78, 5) is 35.7. The Kier molecular flexibility index (Phi) is 6.37. The molecule has 8 heteroatoms. The molecule has 0 heterocycles. The highest BCUT2D eigenvalue weighted by Crippen LogP contribution is 2.25. The molecule has 142 valence electrons. The summed E-state index contributed by atoms with van der Waals surface area (Å²) in [5.74, 6) is -1.07. The minimum atomic E-state index is -1.07. The third-order valence-electron chi connectivity index (χ3n) is 3.72. The van der Waals surface area contributed by atoms with Crippen molar-refractivity contribution in [2.45, 2.75) is 13.0 Å². The van der Waals surface area contributed by atoms with E-state index in [9.17, 15) is 14.4 Å². The van der Waals surface area contributed by atoms with E-state index in [4.69, 9.17) is 19.9 Å². The van der Waals surface area contributed by atoms with Crippen LogP contribution in [0.4, 0.5) is 5.69 Å². The molecule has 0 aliphatic heterocycles. The SMILES string of the molecule is COc1ccc(OC)c(C(=O)O[C@H](C)C(=O)Nc2ccc(C(N)=O)cc2)c1. The van der Waals surface area contributed by atoms with E-state index in [1.807, 2.05) is 0 Å². The summed E-state index contributed by atoms with van der Waals surface area (Å²) in [6.45, 7) is 1.44. The lowest BCUT2D eigenvalue weighted by Crippen LogP contribution is -2.30. The quantitative estimate of drug-likeness (QED) is 0.718. The second-order valence-corrected chi connectivity index (χ2v) is 5.54. The van der Waals surface area contributed by atoms with Gasteiger partial charge in [-0.15, -0.1) is 0 Å². The number of hydrogen-bond acceptors (Lipinski definition) is 6. The second-order valence-electron chi connectivity index (χ2n) is 5.54. The number of hydrogen-bond donors (Lipinski definition) is 2. The molecule has 0 bridgehead atoms. The van der Waals surface area contributed by atoms with Crippen molar-refractivity contribution >= 4 is 23.5 Å². The monoisotopic (exact) mass is 372 g/mol. The van der Waals surface area contributed by atoms with Crippen LogP contribution in [0, 0.1) is 0 Å². The minimum absolute atomic E-state index is 0.141. The van der Waals surface area contributed by atoms with Crippen LogP contribution in [0.25, 0.3) is 0 Å². The number of carbonyl (C=O) groups is 3. The van der Waals surface area contributed by atoms with E-state index in [-0.39, 0.29) is 5.56 Å². The molecule has 8 nitrogen and oxygen atoms in total. The molecule has 0 unspecified atom stereocenters. The summed E-state index contributed by atoms with van der Waals surface area (Å²) >= 11 is 0. The summed E-state index contributed by atoms with van der Waals surface area (Å²) in [6, 6.07) is 10.7. The van der Waals surface area contributed by atoms with Crippen LogP contribution in [0.15, 0.2) is 42.5 Å². The largest absolute Gasteiger partial charge is 0.497 e. The number of nitrogens with one attached hydrogen (secondary N) is 1. The molecule has 0 fully saturated rings. The molecule has 3 N–H and O–H groups in total. The van der Waals surface area contributed by atoms with Crippen LogP contribution in [0.1, 0.15) is 27.6 Å². The molecule has 0 aliphatic rings. The zero-order valence-corrected chi connectivity index (χ0v) is 15.1. The smallest absolute Gasteiger partial charge is 0.342 e. The molecule has 2 aromatic carbocycles. The first kappa shape index (κ1) is 19.8. The standard InChI is InChI=1S/C19H20N2O6/c1-11(18(23)21-13-6-4-12(5-7-13)17(20)22)27-19(24)15-10-14(25-2)8-9-16(15)26-3/h4-11H,1-3H3,(H2,20,22)(H,21,23)/t11-/m1/s1. The molecular formula is C19H20N2O6. The second kappa shape index (κ2) is 8.70. The third-order valence-corrected chi connectivity index (χ3v) is 3.72. The number of carbonyl (C=O) groups excluding carboxylic acids is 3. The van der Waals surface area contributed by atoms with Crippen LogP contribution in [-0.2, 0) is 9.53 Å². The van der Waals surface area contributed by atoms with Gasteiger partial charge in [-0.05, 0) is 49.4 Å². The average molecular weight is 372 g/mol. The van der Waals surface area contributed by atoms with E-state index in [0.717, 1.165) is 0 Å². The summed E-state index contributed by atoms with van der Waals surface area (Å²) in [6.07, 6.45) is -1.07. The molecule has 0 aromatic heterocycles. The fourth-order valence-electron chi connectivity index (χ4n) is 2.21. The van der Waals surface area contributed by atoms with Gasteiger partial charge in [-0.2, -0.15) is 0 Å². The third kappa shape index (κ3) is 4.97. The first-order chi connectivity index (χ1) is 12.8. The zero-order valence-electron chi connectivity index (χ0n) is 15.1. The normalized spacial score (nSPS) is 11.2. The van der Waals surface area contributed by atoms with Crippen molar-refractivity contribution < 1.29 is 28.6 Å². The first-order valence-electron chi connectivity index (χ1n) is 7.99. The van der Waals surface area contributed by atoms with Crippen molar-refractivity contribution in [3.05, 3.63) is 53.6 Å². The molecule has 2 aromatic rings. The van der Waals surface area contributed by atoms with Crippen molar-refractivity contribution in [3.8, 4) is 11.5 Å². The number of rotatable bonds is 7. The number of benzene rings is 2. The Morgan fingerprint density at radius 3 is 2.22 bits per heavy atom. The number of ether oxygens (including phenoxy) is 3. The summed E-state index contributed by atoms with van der Waals surface area (Å²) < 4.78 is 15.4. The molecule has 0 saturated heterocycles. The number of primary amides is 1. The number of esters is 1. The van der Waals surface area contributed by atoms with Crippen molar-refractivity contribution in [2.24, 2.45) is 5.73 Å². The lowest BCUT2D eigenvalue weighted by molar-refractivity contribution is -0.123. The maximum absolute atomic E-state index is 12.4. The molecular weight excluding hydrogens is 352 g/mol. The maximum atomic E-state index is 12.4. The Hall–Kier alpha value is -3.55. The molecule has 2 amide bonds. The van der Waals surface area contributed by atoms with Gasteiger partial charge in [0.05, 0.1) is 14.2 Å². The molecule has 0 aliphatic carbocycles. The lowest BCUT2D eigenvalue weighted by atomic mass is 10.2. The van der Waals surface area contributed by atoms with Gasteiger partial charge in [-0.1, -0.05) is 0 Å². The van der Waals surface area contributed by atoms with Crippen molar-refractivity contribution in [3.63, 3.8) is 0 Å². The van der Waals surface area contributed by atoms with Crippen LogP contribution in [0.5, 0.6) is 11.5 Å². The molecule has 27 heavy (non-hydrogen) atoms. The van der Waals surface area contributed by atoms with Gasteiger partial charge in [0, 0.05) is 11.3 Å². The van der Waals surface area contributed by atoms with Gasteiger partial charge >= 0.3 is 5.97 Å². The van der Waals surface area contributed by atoms with Crippen molar-refractivity contribution in [2.75, 3.05) is 19.5 Å². The van der Waals surface area contributed by atoms with Crippen LogP contribution in [-0.4, -0.2) is 38.1 Å². The van der Waals surface area contributed by atoms with E-state index in [2.05, 4.69) is 5.32 Å². The lowest BCUT2D eigenvalue weighted by Gasteiger charge is -2.15. The fraction of sp³-hybridized carbons (Fsp3) is 0.211. The summed E-state index contributed by atoms with van der Waals surface area (Å²) in [5.41, 5.74) is 6.06. The summed E-state index contributed by atoms with van der Waals surface area (Å²) in [5, 5.41) is 2.59. The van der Waals surface area contributed by atoms with Gasteiger partial charge in [-0.25, -0.2) is 4.79 Å². The number of nitrogens with two attached hydrogens (primary N) is 1. The Morgan fingerprint density at radius 1 is 1.00 bits per heavy atom. The van der Waals surface area contributed by atoms with Crippen LogP contribution in [0.3, 0.4) is 0 Å². The Balaban J connectivity index is 2.05. The van der Waals surface area contributed by atoms with Crippen LogP contribution < -0.4 is 20.5 Å². The first-order valence-corrected chi connectivity index (χ1v) is 7.99. The zero-order chi connectivity index (χ0) is 20.0. The Labute approximate surface area is 156 Å². The predicted molar refractivity (Wildman–Crippen MR) is 98.0 cm³/mol. The van der Waals surface area contributed by atoms with Crippen LogP contribution >= 0.6 is 0 Å². The van der Waals surface area contributed by atoms with E-state index in [1.54, 1.807) is 12.1 Å². The van der Waals surface area contributed by atoms with Gasteiger partial charge in [0.2, 0.25) is 5.91 Å².